The average molecular weight is 230 g/mol. The minimum absolute atomic E-state index is 0.244. The molecule has 2 heterocycles. The maximum atomic E-state index is 5.79. The van der Waals surface area contributed by atoms with Gasteiger partial charge >= 0.3 is 0 Å². The van der Waals surface area contributed by atoms with E-state index in [0.717, 1.165) is 4.88 Å². The molecule has 0 aliphatic carbocycles. The van der Waals surface area contributed by atoms with Crippen molar-refractivity contribution in [3.05, 3.63) is 22.4 Å². The summed E-state index contributed by atoms with van der Waals surface area (Å²) < 4.78 is 5.67. The molecule has 1 atom stereocenters. The van der Waals surface area contributed by atoms with Gasteiger partial charge in [0.2, 0.25) is 11.7 Å². The first kappa shape index (κ1) is 9.64. The number of nitrogens with two attached hydrogens (primary N) is 1. The highest BCUT2D eigenvalue weighted by molar-refractivity contribution is 7.19. The molecule has 0 bridgehead atoms. The fourth-order valence-corrected chi connectivity index (χ4v) is 1.92. The summed E-state index contributed by atoms with van der Waals surface area (Å²) in [7, 11) is 0. The predicted octanol–water partition coefficient (Wildman–Crippen LogP) is 2.47. The highest BCUT2D eigenvalue weighted by Gasteiger charge is 2.12. The Morgan fingerprint density at radius 3 is 2.86 bits per heavy atom. The maximum Gasteiger partial charge on any atom is 0.243 e. The van der Waals surface area contributed by atoms with Gasteiger partial charge in [-0.1, -0.05) is 16.8 Å². The van der Waals surface area contributed by atoms with Crippen molar-refractivity contribution in [1.82, 2.24) is 10.1 Å². The molecule has 0 fully saturated rings. The van der Waals surface area contributed by atoms with Gasteiger partial charge in [-0.25, -0.2) is 0 Å². The first-order chi connectivity index (χ1) is 6.66. The van der Waals surface area contributed by atoms with E-state index in [1.807, 2.05) is 6.07 Å². The quantitative estimate of drug-likeness (QED) is 0.859. The summed E-state index contributed by atoms with van der Waals surface area (Å²) in [5.41, 5.74) is 5.59. The van der Waals surface area contributed by atoms with Gasteiger partial charge in [0.25, 0.3) is 0 Å². The van der Waals surface area contributed by atoms with Crippen LogP contribution in [0.2, 0.25) is 4.34 Å². The van der Waals surface area contributed by atoms with E-state index in [-0.39, 0.29) is 6.04 Å². The third kappa shape index (κ3) is 1.79. The molecule has 0 radical (unpaired) electrons. The van der Waals surface area contributed by atoms with Crippen molar-refractivity contribution < 1.29 is 4.52 Å². The molecule has 2 rings (SSSR count). The predicted molar refractivity (Wildman–Crippen MR) is 55.2 cm³/mol. The summed E-state index contributed by atoms with van der Waals surface area (Å²) in [6.45, 7) is 1.79. The molecule has 0 saturated heterocycles. The van der Waals surface area contributed by atoms with Gasteiger partial charge in [0.05, 0.1) is 15.3 Å². The van der Waals surface area contributed by atoms with Crippen LogP contribution in [0.15, 0.2) is 16.7 Å². The second kappa shape index (κ2) is 3.68. The van der Waals surface area contributed by atoms with Gasteiger partial charge in [0, 0.05) is 0 Å². The van der Waals surface area contributed by atoms with Gasteiger partial charge in [0.1, 0.15) is 0 Å². The van der Waals surface area contributed by atoms with E-state index in [4.69, 9.17) is 21.9 Å². The van der Waals surface area contributed by atoms with Crippen LogP contribution in [0.5, 0.6) is 0 Å². The zero-order chi connectivity index (χ0) is 10.1. The van der Waals surface area contributed by atoms with Gasteiger partial charge in [-0.05, 0) is 19.1 Å². The van der Waals surface area contributed by atoms with Crippen molar-refractivity contribution in [2.75, 3.05) is 0 Å². The van der Waals surface area contributed by atoms with E-state index in [1.54, 1.807) is 13.0 Å². The van der Waals surface area contributed by atoms with Crippen molar-refractivity contribution in [2.45, 2.75) is 13.0 Å². The molecule has 4 nitrogen and oxygen atoms in total. The summed E-state index contributed by atoms with van der Waals surface area (Å²) in [6.07, 6.45) is 0. The Bertz CT molecular complexity index is 437. The maximum absolute atomic E-state index is 5.79. The molecular weight excluding hydrogens is 222 g/mol. The molecule has 0 aromatic carbocycles. The van der Waals surface area contributed by atoms with Crippen LogP contribution in [0.3, 0.4) is 0 Å². The number of thiophene rings is 1. The number of halogens is 1. The summed E-state index contributed by atoms with van der Waals surface area (Å²) >= 11 is 7.19. The highest BCUT2D eigenvalue weighted by Crippen LogP contribution is 2.29. The van der Waals surface area contributed by atoms with Gasteiger partial charge in [0.15, 0.2) is 0 Å². The molecule has 6 heteroatoms. The number of aromatic nitrogens is 2. The van der Waals surface area contributed by atoms with Crippen LogP contribution in [0.25, 0.3) is 10.7 Å². The molecule has 0 aliphatic rings. The van der Waals surface area contributed by atoms with E-state index in [9.17, 15) is 0 Å². The summed E-state index contributed by atoms with van der Waals surface area (Å²) in [5, 5.41) is 3.81. The molecule has 2 N–H and O–H groups in total. The molecule has 2 aromatic heterocycles. The Balaban J connectivity index is 2.33. The van der Waals surface area contributed by atoms with Crippen LogP contribution in [0, 0.1) is 0 Å². The molecule has 0 aliphatic heterocycles. The topological polar surface area (TPSA) is 64.9 Å². The summed E-state index contributed by atoms with van der Waals surface area (Å²) in [5.74, 6) is 0.971. The standard InChI is InChI=1S/C8H8ClN3OS/c1-4(10)8-11-7(12-13-8)5-2-3-6(9)14-5/h2-4H,10H2,1H3. The Morgan fingerprint density at radius 2 is 2.36 bits per heavy atom. The van der Waals surface area contributed by atoms with Gasteiger partial charge in [-0.15, -0.1) is 11.3 Å². The fraction of sp³-hybridized carbons (Fsp3) is 0.250. The SMILES string of the molecule is CC(N)c1nc(-c2ccc(Cl)s2)no1. The summed E-state index contributed by atoms with van der Waals surface area (Å²) in [6, 6.07) is 3.40. The van der Waals surface area contributed by atoms with Gasteiger partial charge in [-0.3, -0.25) is 0 Å². The molecule has 0 saturated carbocycles. The molecule has 2 aromatic rings. The highest BCUT2D eigenvalue weighted by atomic mass is 35.5. The van der Waals surface area contributed by atoms with Crippen LogP contribution in [-0.4, -0.2) is 10.1 Å². The molecule has 0 spiro atoms. The fourth-order valence-electron chi connectivity index (χ4n) is 0.955. The molecule has 0 amide bonds. The number of nitrogens with zero attached hydrogens (tertiary/aromatic N) is 2. The van der Waals surface area contributed by atoms with E-state index < -0.39 is 0 Å². The zero-order valence-corrected chi connectivity index (χ0v) is 8.97. The minimum atomic E-state index is -0.244. The Labute approximate surface area is 89.7 Å². The molecular formula is C8H8ClN3OS. The van der Waals surface area contributed by atoms with E-state index in [2.05, 4.69) is 10.1 Å². The Morgan fingerprint density at radius 1 is 1.57 bits per heavy atom. The third-order valence-corrected chi connectivity index (χ3v) is 2.85. The minimum Gasteiger partial charge on any atom is -0.337 e. The largest absolute Gasteiger partial charge is 0.337 e. The second-order valence-electron chi connectivity index (χ2n) is 2.85. The van der Waals surface area contributed by atoms with Crippen LogP contribution < -0.4 is 5.73 Å². The number of rotatable bonds is 2. The molecule has 74 valence electrons. The van der Waals surface area contributed by atoms with Crippen molar-refractivity contribution in [3.63, 3.8) is 0 Å². The lowest BCUT2D eigenvalue weighted by Gasteiger charge is -1.92. The monoisotopic (exact) mass is 229 g/mol. The first-order valence-electron chi connectivity index (χ1n) is 4.01. The van der Waals surface area contributed by atoms with Crippen molar-refractivity contribution in [2.24, 2.45) is 5.73 Å². The van der Waals surface area contributed by atoms with Crippen molar-refractivity contribution in [3.8, 4) is 10.7 Å². The number of hydrogen-bond donors (Lipinski definition) is 1. The van der Waals surface area contributed by atoms with Gasteiger partial charge < -0.3 is 10.3 Å². The van der Waals surface area contributed by atoms with Crippen LogP contribution >= 0.6 is 22.9 Å². The number of hydrogen-bond acceptors (Lipinski definition) is 5. The van der Waals surface area contributed by atoms with E-state index in [1.165, 1.54) is 11.3 Å². The lowest BCUT2D eigenvalue weighted by Crippen LogP contribution is -2.04. The van der Waals surface area contributed by atoms with Gasteiger partial charge in [-0.2, -0.15) is 4.98 Å². The Kier molecular flexibility index (Phi) is 2.54. The third-order valence-electron chi connectivity index (χ3n) is 1.62. The van der Waals surface area contributed by atoms with E-state index in [0.29, 0.717) is 16.1 Å². The first-order valence-corrected chi connectivity index (χ1v) is 5.21. The normalized spacial score (nSPS) is 13.1. The molecule has 1 unspecified atom stereocenters. The van der Waals surface area contributed by atoms with Crippen molar-refractivity contribution >= 4 is 22.9 Å². The lowest BCUT2D eigenvalue weighted by molar-refractivity contribution is 0.362. The summed E-state index contributed by atoms with van der Waals surface area (Å²) in [4.78, 5) is 5.02. The van der Waals surface area contributed by atoms with Crippen LogP contribution in [0.4, 0.5) is 0 Å². The Hall–Kier alpha value is -0.910. The lowest BCUT2D eigenvalue weighted by atomic mass is 10.4. The van der Waals surface area contributed by atoms with Crippen LogP contribution in [-0.2, 0) is 0 Å². The second-order valence-corrected chi connectivity index (χ2v) is 4.56. The zero-order valence-electron chi connectivity index (χ0n) is 7.40. The average Bonchev–Trinajstić information content (AvgIpc) is 2.70. The smallest absolute Gasteiger partial charge is 0.243 e. The van der Waals surface area contributed by atoms with Crippen LogP contribution in [0.1, 0.15) is 18.9 Å². The van der Waals surface area contributed by atoms with Crippen molar-refractivity contribution in [1.29, 1.82) is 0 Å². The molecule has 14 heavy (non-hydrogen) atoms. The van der Waals surface area contributed by atoms with E-state index >= 15 is 0 Å².